The van der Waals surface area contributed by atoms with Crippen molar-refractivity contribution in [2.75, 3.05) is 0 Å². The van der Waals surface area contributed by atoms with Gasteiger partial charge in [0.25, 0.3) is 10.0 Å². The van der Waals surface area contributed by atoms with Crippen molar-refractivity contribution in [1.29, 1.82) is 0 Å². The molecule has 0 unspecified atom stereocenters. The summed E-state index contributed by atoms with van der Waals surface area (Å²) in [4.78, 5) is 6.02. The first-order valence-electron chi connectivity index (χ1n) is 7.31. The van der Waals surface area contributed by atoms with Crippen molar-refractivity contribution in [3.8, 4) is 0 Å². The lowest BCUT2D eigenvalue weighted by molar-refractivity contribution is -0.0890. The van der Waals surface area contributed by atoms with Crippen LogP contribution in [-0.4, -0.2) is 18.9 Å². The molecule has 4 nitrogen and oxygen atoms in total. The molecule has 0 saturated carbocycles. The predicted molar refractivity (Wildman–Crippen MR) is 84.6 cm³/mol. The van der Waals surface area contributed by atoms with Gasteiger partial charge in [-0.2, -0.15) is 0 Å². The molecule has 0 spiro atoms. The molecule has 0 bridgehead atoms. The molecule has 0 aromatic heterocycles. The van der Waals surface area contributed by atoms with Gasteiger partial charge in [-0.1, -0.05) is 52.5 Å². The second-order valence-electron chi connectivity index (χ2n) is 5.66. The highest BCUT2D eigenvalue weighted by Crippen LogP contribution is 2.36. The summed E-state index contributed by atoms with van der Waals surface area (Å²) in [5.74, 6) is 0. The van der Waals surface area contributed by atoms with Gasteiger partial charge < -0.3 is 0 Å². The van der Waals surface area contributed by atoms with Gasteiger partial charge in [0, 0.05) is 0 Å². The molecule has 1 aliphatic heterocycles. The monoisotopic (exact) mass is 317 g/mol. The van der Waals surface area contributed by atoms with Gasteiger partial charge in [0.1, 0.15) is 6.10 Å². The van der Waals surface area contributed by atoms with E-state index in [4.69, 9.17) is 4.84 Å². The first kappa shape index (κ1) is 15.2. The fourth-order valence-electron chi connectivity index (χ4n) is 2.64. The highest BCUT2D eigenvalue weighted by atomic mass is 32.2. The van der Waals surface area contributed by atoms with E-state index in [1.54, 1.807) is 24.3 Å². The minimum absolute atomic E-state index is 0.198. The Morgan fingerprint density at radius 2 is 1.68 bits per heavy atom. The number of hydrogen-bond acceptors (Lipinski definition) is 3. The van der Waals surface area contributed by atoms with E-state index >= 15 is 0 Å². The number of benzene rings is 2. The van der Waals surface area contributed by atoms with Gasteiger partial charge in [-0.15, -0.1) is 0 Å². The Hall–Kier alpha value is -1.69. The van der Waals surface area contributed by atoms with Gasteiger partial charge in [0.15, 0.2) is 0 Å². The molecule has 5 heteroatoms. The van der Waals surface area contributed by atoms with Crippen molar-refractivity contribution in [3.05, 3.63) is 65.7 Å². The third-order valence-electron chi connectivity index (χ3n) is 3.87. The quantitative estimate of drug-likeness (QED) is 0.871. The molecule has 0 aliphatic carbocycles. The average Bonchev–Trinajstić information content (AvgIpc) is 2.91. The van der Waals surface area contributed by atoms with E-state index in [-0.39, 0.29) is 17.0 Å². The molecule has 2 atom stereocenters. The fourth-order valence-corrected chi connectivity index (χ4v) is 4.11. The van der Waals surface area contributed by atoms with Crippen LogP contribution in [0.4, 0.5) is 0 Å². The zero-order chi connectivity index (χ0) is 15.7. The van der Waals surface area contributed by atoms with E-state index in [1.807, 2.05) is 44.2 Å². The van der Waals surface area contributed by atoms with Crippen LogP contribution in [-0.2, 0) is 14.9 Å². The zero-order valence-corrected chi connectivity index (χ0v) is 13.5. The standard InChI is InChI=1S/C17H19NO3S/c1-13-8-10-16(11-9-13)22(19,20)18-14(2)12-17(21-18)15-6-4-3-5-7-15/h3-11,14,17H,12H2,1-2H3/t14-,17-/m1/s1. The van der Waals surface area contributed by atoms with E-state index in [1.165, 1.54) is 0 Å². The van der Waals surface area contributed by atoms with Crippen LogP contribution < -0.4 is 0 Å². The van der Waals surface area contributed by atoms with Crippen LogP contribution in [0.3, 0.4) is 0 Å². The summed E-state index contributed by atoms with van der Waals surface area (Å²) in [6.07, 6.45) is 0.422. The first-order chi connectivity index (χ1) is 10.5. The molecule has 0 radical (unpaired) electrons. The summed E-state index contributed by atoms with van der Waals surface area (Å²) in [5.41, 5.74) is 2.02. The summed E-state index contributed by atoms with van der Waals surface area (Å²) in [5, 5.41) is 0. The van der Waals surface area contributed by atoms with Crippen molar-refractivity contribution in [1.82, 2.24) is 4.47 Å². The maximum atomic E-state index is 12.7. The van der Waals surface area contributed by atoms with E-state index in [2.05, 4.69) is 0 Å². The Bertz CT molecular complexity index is 741. The SMILES string of the molecule is Cc1ccc(S(=O)(=O)N2O[C@@H](c3ccccc3)C[C@H]2C)cc1. The summed E-state index contributed by atoms with van der Waals surface area (Å²) in [6.45, 7) is 3.80. The second kappa shape index (κ2) is 5.83. The minimum atomic E-state index is -3.63. The van der Waals surface area contributed by atoms with Crippen LogP contribution in [0.2, 0.25) is 0 Å². The smallest absolute Gasteiger partial charge is 0.265 e. The van der Waals surface area contributed by atoms with Crippen LogP contribution in [0.1, 0.15) is 30.6 Å². The van der Waals surface area contributed by atoms with Crippen LogP contribution >= 0.6 is 0 Å². The van der Waals surface area contributed by atoms with E-state index in [0.717, 1.165) is 15.6 Å². The Kier molecular flexibility index (Phi) is 4.04. The van der Waals surface area contributed by atoms with E-state index in [0.29, 0.717) is 6.42 Å². The van der Waals surface area contributed by atoms with Crippen LogP contribution in [0.15, 0.2) is 59.5 Å². The van der Waals surface area contributed by atoms with Gasteiger partial charge in [-0.25, -0.2) is 8.42 Å². The highest BCUT2D eigenvalue weighted by Gasteiger charge is 2.40. The molecule has 1 heterocycles. The van der Waals surface area contributed by atoms with Gasteiger partial charge in [0.2, 0.25) is 0 Å². The number of nitrogens with zero attached hydrogens (tertiary/aromatic N) is 1. The lowest BCUT2D eigenvalue weighted by Crippen LogP contribution is -2.32. The third-order valence-corrected chi connectivity index (χ3v) is 5.66. The van der Waals surface area contributed by atoms with Gasteiger partial charge >= 0.3 is 0 Å². The van der Waals surface area contributed by atoms with Gasteiger partial charge in [0.05, 0.1) is 10.9 Å². The minimum Gasteiger partial charge on any atom is -0.276 e. The van der Waals surface area contributed by atoms with Crippen molar-refractivity contribution in [2.45, 2.75) is 37.3 Å². The number of hydroxylamine groups is 1. The third kappa shape index (κ3) is 2.79. The summed E-state index contributed by atoms with van der Waals surface area (Å²) in [7, 11) is -3.63. The number of sulfonamides is 1. The molecule has 2 aromatic carbocycles. The predicted octanol–water partition coefficient (Wildman–Crippen LogP) is 3.45. The first-order valence-corrected chi connectivity index (χ1v) is 8.75. The molecule has 1 saturated heterocycles. The molecule has 0 N–H and O–H groups in total. The topological polar surface area (TPSA) is 46.6 Å². The van der Waals surface area contributed by atoms with Crippen molar-refractivity contribution in [3.63, 3.8) is 0 Å². The molecule has 1 fully saturated rings. The summed E-state index contributed by atoms with van der Waals surface area (Å²) < 4.78 is 26.6. The molecular formula is C17H19NO3S. The van der Waals surface area contributed by atoms with Crippen molar-refractivity contribution < 1.29 is 13.3 Å². The van der Waals surface area contributed by atoms with Crippen LogP contribution in [0.25, 0.3) is 0 Å². The molecule has 2 aromatic rings. The molecular weight excluding hydrogens is 298 g/mol. The van der Waals surface area contributed by atoms with Gasteiger partial charge in [-0.3, -0.25) is 4.84 Å². The molecule has 0 amide bonds. The summed E-state index contributed by atoms with van der Waals surface area (Å²) >= 11 is 0. The fraction of sp³-hybridized carbons (Fsp3) is 0.294. The Balaban J connectivity index is 1.87. The molecule has 22 heavy (non-hydrogen) atoms. The lowest BCUT2D eigenvalue weighted by atomic mass is 10.0. The van der Waals surface area contributed by atoms with Crippen molar-refractivity contribution in [2.24, 2.45) is 0 Å². The largest absolute Gasteiger partial charge is 0.276 e. The molecule has 1 aliphatic rings. The number of rotatable bonds is 3. The van der Waals surface area contributed by atoms with Crippen LogP contribution in [0, 0.1) is 6.92 Å². The van der Waals surface area contributed by atoms with Crippen molar-refractivity contribution >= 4 is 10.0 Å². The highest BCUT2D eigenvalue weighted by molar-refractivity contribution is 7.89. The Labute approximate surface area is 131 Å². The zero-order valence-electron chi connectivity index (χ0n) is 12.6. The van der Waals surface area contributed by atoms with E-state index in [9.17, 15) is 8.42 Å². The maximum Gasteiger partial charge on any atom is 0.265 e. The average molecular weight is 317 g/mol. The lowest BCUT2D eigenvalue weighted by Gasteiger charge is -2.20. The Morgan fingerprint density at radius 3 is 2.32 bits per heavy atom. The van der Waals surface area contributed by atoms with Crippen LogP contribution in [0.5, 0.6) is 0 Å². The second-order valence-corrected chi connectivity index (χ2v) is 7.44. The molecule has 116 valence electrons. The van der Waals surface area contributed by atoms with Gasteiger partial charge in [-0.05, 0) is 38.0 Å². The number of hydrogen-bond donors (Lipinski definition) is 0. The normalized spacial score (nSPS) is 22.8. The number of aryl methyl sites for hydroxylation is 1. The Morgan fingerprint density at radius 1 is 1.05 bits per heavy atom. The maximum absolute atomic E-state index is 12.7. The summed E-state index contributed by atoms with van der Waals surface area (Å²) in [6, 6.07) is 16.3. The molecule has 3 rings (SSSR count). The van der Waals surface area contributed by atoms with E-state index < -0.39 is 10.0 Å².